The molecule has 0 saturated carbocycles. The fourth-order valence-electron chi connectivity index (χ4n) is 2.83. The summed E-state index contributed by atoms with van der Waals surface area (Å²) in [5.74, 6) is -0.929. The number of carbonyl (C=O) groups excluding carboxylic acids is 3. The highest BCUT2D eigenvalue weighted by atomic mass is 16.3. The second-order valence-corrected chi connectivity index (χ2v) is 5.49. The number of nitrogens with one attached hydrogen (secondary N) is 1. The van der Waals surface area contributed by atoms with Gasteiger partial charge in [-0.15, -0.1) is 0 Å². The first-order valence-electron chi connectivity index (χ1n) is 6.93. The minimum atomic E-state index is -0.646. The van der Waals surface area contributed by atoms with Gasteiger partial charge in [0.1, 0.15) is 6.04 Å². The summed E-state index contributed by atoms with van der Waals surface area (Å²) in [6, 6.07) is 4.66. The van der Waals surface area contributed by atoms with Crippen LogP contribution < -0.4 is 5.32 Å². The summed E-state index contributed by atoms with van der Waals surface area (Å²) in [4.78, 5) is 37.1. The van der Waals surface area contributed by atoms with E-state index in [9.17, 15) is 19.5 Å². The zero-order chi connectivity index (χ0) is 15.1. The van der Waals surface area contributed by atoms with E-state index >= 15 is 0 Å². The Kier molecular flexibility index (Phi) is 3.25. The molecule has 21 heavy (non-hydrogen) atoms. The zero-order valence-electron chi connectivity index (χ0n) is 11.6. The summed E-state index contributed by atoms with van der Waals surface area (Å²) in [5, 5.41) is 11.9. The highest BCUT2D eigenvalue weighted by Crippen LogP contribution is 2.29. The Morgan fingerprint density at radius 2 is 2.10 bits per heavy atom. The Balaban J connectivity index is 1.87. The number of carbonyl (C=O) groups is 3. The van der Waals surface area contributed by atoms with Crippen LogP contribution in [0.25, 0.3) is 0 Å². The summed E-state index contributed by atoms with van der Waals surface area (Å²) in [7, 11) is 0. The van der Waals surface area contributed by atoms with E-state index in [-0.39, 0.29) is 18.2 Å². The van der Waals surface area contributed by atoms with Crippen molar-refractivity contribution in [1.29, 1.82) is 0 Å². The van der Waals surface area contributed by atoms with E-state index in [1.165, 1.54) is 4.90 Å². The van der Waals surface area contributed by atoms with Crippen LogP contribution in [0.5, 0.6) is 0 Å². The van der Waals surface area contributed by atoms with E-state index in [4.69, 9.17) is 0 Å². The molecule has 0 aliphatic carbocycles. The Hall–Kier alpha value is -2.21. The molecule has 0 radical (unpaired) electrons. The van der Waals surface area contributed by atoms with Gasteiger partial charge >= 0.3 is 0 Å². The number of nitrogens with zero attached hydrogens (tertiary/aromatic N) is 1. The predicted octanol–water partition coefficient (Wildman–Crippen LogP) is 0.501. The lowest BCUT2D eigenvalue weighted by molar-refractivity contribution is -0.136. The van der Waals surface area contributed by atoms with Crippen molar-refractivity contribution < 1.29 is 19.5 Å². The van der Waals surface area contributed by atoms with Crippen LogP contribution in [-0.2, 0) is 16.1 Å². The minimum absolute atomic E-state index is 0.220. The standard InChI is InChI=1S/C15H16N2O4/c1-8(18)9-2-3-10-7-17(15(21)11(10)6-9)12-4-5-13(19)16-14(12)20/h2-3,6,8,12,18H,4-5,7H2,1H3,(H,16,19,20). The van der Waals surface area contributed by atoms with E-state index in [0.29, 0.717) is 24.1 Å². The second-order valence-electron chi connectivity index (χ2n) is 5.49. The van der Waals surface area contributed by atoms with E-state index in [1.54, 1.807) is 25.1 Å². The number of rotatable bonds is 2. The molecular weight excluding hydrogens is 272 g/mol. The van der Waals surface area contributed by atoms with Crippen molar-refractivity contribution in [3.63, 3.8) is 0 Å². The molecule has 2 aliphatic heterocycles. The van der Waals surface area contributed by atoms with Crippen molar-refractivity contribution in [2.75, 3.05) is 0 Å². The normalized spacial score (nSPS) is 23.0. The van der Waals surface area contributed by atoms with Gasteiger partial charge in [0, 0.05) is 18.5 Å². The lowest BCUT2D eigenvalue weighted by Crippen LogP contribution is -2.52. The molecule has 6 heteroatoms. The summed E-state index contributed by atoms with van der Waals surface area (Å²) < 4.78 is 0. The van der Waals surface area contributed by atoms with Crippen molar-refractivity contribution in [1.82, 2.24) is 10.2 Å². The van der Waals surface area contributed by atoms with Crippen LogP contribution in [-0.4, -0.2) is 33.8 Å². The number of benzene rings is 1. The van der Waals surface area contributed by atoms with Crippen LogP contribution >= 0.6 is 0 Å². The molecule has 0 spiro atoms. The Morgan fingerprint density at radius 3 is 2.76 bits per heavy atom. The highest BCUT2D eigenvalue weighted by Gasteiger charge is 2.39. The monoisotopic (exact) mass is 288 g/mol. The third-order valence-electron chi connectivity index (χ3n) is 4.03. The van der Waals surface area contributed by atoms with Crippen LogP contribution in [0.1, 0.15) is 47.4 Å². The molecule has 1 saturated heterocycles. The maximum atomic E-state index is 12.5. The maximum Gasteiger partial charge on any atom is 0.255 e. The second kappa shape index (κ2) is 4.96. The summed E-state index contributed by atoms with van der Waals surface area (Å²) >= 11 is 0. The Labute approximate surface area is 121 Å². The fraction of sp³-hybridized carbons (Fsp3) is 0.400. The smallest absolute Gasteiger partial charge is 0.255 e. The van der Waals surface area contributed by atoms with E-state index in [1.807, 2.05) is 0 Å². The molecule has 2 N–H and O–H groups in total. The van der Waals surface area contributed by atoms with Gasteiger partial charge in [-0.25, -0.2) is 0 Å². The average molecular weight is 288 g/mol. The molecule has 3 rings (SSSR count). The van der Waals surface area contributed by atoms with Crippen molar-refractivity contribution in [3.05, 3.63) is 34.9 Å². The van der Waals surface area contributed by atoms with E-state index < -0.39 is 18.1 Å². The molecule has 1 fully saturated rings. The van der Waals surface area contributed by atoms with Gasteiger partial charge in [0.15, 0.2) is 0 Å². The lowest BCUT2D eigenvalue weighted by Gasteiger charge is -2.29. The number of imide groups is 1. The van der Waals surface area contributed by atoms with Crippen molar-refractivity contribution >= 4 is 17.7 Å². The molecule has 0 bridgehead atoms. The van der Waals surface area contributed by atoms with Gasteiger partial charge in [-0.2, -0.15) is 0 Å². The van der Waals surface area contributed by atoms with Gasteiger partial charge in [-0.3, -0.25) is 19.7 Å². The summed E-state index contributed by atoms with van der Waals surface area (Å²) in [6.07, 6.45) is -0.0453. The van der Waals surface area contributed by atoms with Crippen LogP contribution in [0.4, 0.5) is 0 Å². The molecule has 3 amide bonds. The number of hydrogen-bond donors (Lipinski definition) is 2. The lowest BCUT2D eigenvalue weighted by atomic mass is 10.0. The predicted molar refractivity (Wildman–Crippen MR) is 73.1 cm³/mol. The third-order valence-corrected chi connectivity index (χ3v) is 4.03. The van der Waals surface area contributed by atoms with Gasteiger partial charge < -0.3 is 10.0 Å². The molecule has 0 aromatic heterocycles. The molecular formula is C15H16N2O4. The van der Waals surface area contributed by atoms with Crippen molar-refractivity contribution in [3.8, 4) is 0 Å². The van der Waals surface area contributed by atoms with Crippen LogP contribution in [0.3, 0.4) is 0 Å². The quantitative estimate of drug-likeness (QED) is 0.776. The average Bonchev–Trinajstić information content (AvgIpc) is 2.75. The summed E-state index contributed by atoms with van der Waals surface area (Å²) in [6.45, 7) is 2.00. The zero-order valence-corrected chi connectivity index (χ0v) is 11.6. The van der Waals surface area contributed by atoms with Gasteiger partial charge in [-0.05, 0) is 30.5 Å². The third kappa shape index (κ3) is 2.31. The summed E-state index contributed by atoms with van der Waals surface area (Å²) in [5.41, 5.74) is 2.04. The topological polar surface area (TPSA) is 86.7 Å². The van der Waals surface area contributed by atoms with Crippen molar-refractivity contribution in [2.45, 2.75) is 38.5 Å². The number of amides is 3. The highest BCUT2D eigenvalue weighted by molar-refractivity contribution is 6.05. The van der Waals surface area contributed by atoms with Gasteiger partial charge in [-0.1, -0.05) is 12.1 Å². The number of hydrogen-bond acceptors (Lipinski definition) is 4. The molecule has 2 unspecified atom stereocenters. The maximum absolute atomic E-state index is 12.5. The first-order valence-corrected chi connectivity index (χ1v) is 6.93. The molecule has 110 valence electrons. The van der Waals surface area contributed by atoms with Crippen LogP contribution in [0.15, 0.2) is 18.2 Å². The van der Waals surface area contributed by atoms with Crippen molar-refractivity contribution in [2.24, 2.45) is 0 Å². The number of fused-ring (bicyclic) bond motifs is 1. The molecule has 2 heterocycles. The Bertz CT molecular complexity index is 639. The van der Waals surface area contributed by atoms with E-state index in [0.717, 1.165) is 5.56 Å². The molecule has 1 aromatic rings. The van der Waals surface area contributed by atoms with E-state index in [2.05, 4.69) is 5.32 Å². The number of piperidine rings is 1. The first kappa shape index (κ1) is 13.8. The number of aliphatic hydroxyl groups is 1. The largest absolute Gasteiger partial charge is 0.389 e. The molecule has 1 aromatic carbocycles. The van der Waals surface area contributed by atoms with Gasteiger partial charge in [0.05, 0.1) is 6.10 Å². The fourth-order valence-corrected chi connectivity index (χ4v) is 2.83. The number of aliphatic hydroxyl groups excluding tert-OH is 1. The van der Waals surface area contributed by atoms with Gasteiger partial charge in [0.2, 0.25) is 11.8 Å². The van der Waals surface area contributed by atoms with Crippen LogP contribution in [0.2, 0.25) is 0 Å². The van der Waals surface area contributed by atoms with Gasteiger partial charge in [0.25, 0.3) is 5.91 Å². The first-order chi connectivity index (χ1) is 9.97. The van der Waals surface area contributed by atoms with Crippen LogP contribution in [0, 0.1) is 0 Å². The molecule has 2 atom stereocenters. The SMILES string of the molecule is CC(O)c1ccc2c(c1)C(=O)N(C1CCC(=O)NC1=O)C2. The minimum Gasteiger partial charge on any atom is -0.389 e. The molecule has 6 nitrogen and oxygen atoms in total. The molecule has 2 aliphatic rings. The Morgan fingerprint density at radius 1 is 1.33 bits per heavy atom.